The SMILES string of the molecule is CC(C)(C)OC(=O)CC[C@@H](CN=[N+]=[N-])NC(=O)NCCNc1ccc(NCCNC(=O)N[C@@H](CCC(=O)OC(C)(C)C)CN=[N+]=[N-])c2c1C(=O)c1c(O)ccc(O)c1C2=O. The number of fused-ring (bicyclic) bond motifs is 2. The molecule has 22 heteroatoms. The average Bonchev–Trinajstić information content (AvgIpc) is 3.15. The van der Waals surface area contributed by atoms with Crippen LogP contribution in [0.1, 0.15) is 99.1 Å². The van der Waals surface area contributed by atoms with Crippen LogP contribution in [0.4, 0.5) is 21.0 Å². The number of carbonyl (C=O) groups excluding carboxylic acids is 6. The number of azide groups is 2. The standard InChI is InChI=1S/C38H52N12O10/c1-37(2,3)59-27(53)13-7-21(19-45-49-39)47-35(57)43-17-15-41-23-9-10-24(30-29(23)33(55)31-25(51)11-12-26(52)32(31)34(30)56)42-16-18-44-36(58)48-22(20-46-50-40)8-14-28(54)60-38(4,5)6/h9-12,21-22,41-42,51-52H,7-8,13-20H2,1-6H3,(H2,43,47,57)(H2,44,48,58)/t21-,22-/m0/s1. The Morgan fingerprint density at radius 2 is 1.00 bits per heavy atom. The molecule has 0 heterocycles. The first-order chi connectivity index (χ1) is 28.2. The Bertz CT molecular complexity index is 1890. The minimum absolute atomic E-state index is 0.00410. The molecule has 1 aliphatic carbocycles. The van der Waals surface area contributed by atoms with Gasteiger partial charge in [0, 0.05) is 85.4 Å². The zero-order valence-electron chi connectivity index (χ0n) is 34.4. The summed E-state index contributed by atoms with van der Waals surface area (Å²) in [6.45, 7) is 10.2. The molecular formula is C38H52N12O10. The highest BCUT2D eigenvalue weighted by Crippen LogP contribution is 2.42. The van der Waals surface area contributed by atoms with Crippen LogP contribution < -0.4 is 31.9 Å². The van der Waals surface area contributed by atoms with E-state index >= 15 is 0 Å². The quantitative estimate of drug-likeness (QED) is 0.0188. The second kappa shape index (κ2) is 21.7. The fourth-order valence-electron chi connectivity index (χ4n) is 5.94. The summed E-state index contributed by atoms with van der Waals surface area (Å²) in [4.78, 5) is 83.1. The lowest BCUT2D eigenvalue weighted by atomic mass is 9.81. The number of amides is 4. The van der Waals surface area contributed by atoms with Crippen molar-refractivity contribution in [2.24, 2.45) is 10.2 Å². The molecule has 1 aliphatic rings. The van der Waals surface area contributed by atoms with Crippen LogP contribution in [0.25, 0.3) is 20.9 Å². The number of aromatic hydroxyl groups is 2. The topological polar surface area (TPSA) is 331 Å². The summed E-state index contributed by atoms with van der Waals surface area (Å²) < 4.78 is 10.6. The third-order valence-corrected chi connectivity index (χ3v) is 8.36. The molecule has 0 aromatic heterocycles. The van der Waals surface area contributed by atoms with Crippen molar-refractivity contribution in [1.82, 2.24) is 21.3 Å². The van der Waals surface area contributed by atoms with E-state index in [0.717, 1.165) is 12.1 Å². The third kappa shape index (κ3) is 14.8. The highest BCUT2D eigenvalue weighted by Gasteiger charge is 2.38. The maximum atomic E-state index is 13.9. The van der Waals surface area contributed by atoms with E-state index in [1.165, 1.54) is 12.1 Å². The van der Waals surface area contributed by atoms with Crippen LogP contribution in [0.5, 0.6) is 11.5 Å². The van der Waals surface area contributed by atoms with Gasteiger partial charge in [0.05, 0.1) is 22.3 Å². The van der Waals surface area contributed by atoms with Crippen LogP contribution in [0.2, 0.25) is 0 Å². The first-order valence-corrected chi connectivity index (χ1v) is 19.1. The largest absolute Gasteiger partial charge is 0.507 e. The molecule has 4 amide bonds. The summed E-state index contributed by atoms with van der Waals surface area (Å²) in [5, 5.41) is 44.8. The van der Waals surface area contributed by atoms with Gasteiger partial charge in [0.25, 0.3) is 0 Å². The van der Waals surface area contributed by atoms with E-state index in [0.29, 0.717) is 0 Å². The second-order valence-corrected chi connectivity index (χ2v) is 15.5. The van der Waals surface area contributed by atoms with Crippen molar-refractivity contribution in [3.8, 4) is 11.5 Å². The number of nitrogens with one attached hydrogen (secondary N) is 6. The molecule has 2 aromatic rings. The number of benzene rings is 2. The Kier molecular flexibility index (Phi) is 17.2. The third-order valence-electron chi connectivity index (χ3n) is 8.36. The molecule has 0 saturated heterocycles. The average molecular weight is 837 g/mol. The fraction of sp³-hybridized carbons (Fsp3) is 0.526. The van der Waals surface area contributed by atoms with E-state index in [-0.39, 0.29) is 98.6 Å². The molecule has 2 atom stereocenters. The number of rotatable bonds is 20. The zero-order valence-corrected chi connectivity index (χ0v) is 34.4. The molecule has 2 aromatic carbocycles. The number of ketones is 2. The number of hydrogen-bond acceptors (Lipinski definition) is 14. The van der Waals surface area contributed by atoms with Gasteiger partial charge in [0.15, 0.2) is 0 Å². The summed E-state index contributed by atoms with van der Waals surface area (Å²) in [6.07, 6.45) is 0.224. The first-order valence-electron chi connectivity index (χ1n) is 19.1. The molecule has 60 heavy (non-hydrogen) atoms. The molecule has 3 rings (SSSR count). The van der Waals surface area contributed by atoms with Gasteiger partial charge in [0.1, 0.15) is 22.7 Å². The molecule has 0 fully saturated rings. The van der Waals surface area contributed by atoms with Crippen LogP contribution in [0.3, 0.4) is 0 Å². The molecule has 0 saturated carbocycles. The lowest BCUT2D eigenvalue weighted by molar-refractivity contribution is -0.156. The van der Waals surface area contributed by atoms with Crippen LogP contribution in [-0.4, -0.2) is 108 Å². The highest BCUT2D eigenvalue weighted by molar-refractivity contribution is 6.33. The Morgan fingerprint density at radius 3 is 1.33 bits per heavy atom. The first kappa shape index (κ1) is 47.5. The highest BCUT2D eigenvalue weighted by atomic mass is 16.6. The van der Waals surface area contributed by atoms with Gasteiger partial charge in [-0.15, -0.1) is 0 Å². The smallest absolute Gasteiger partial charge is 0.315 e. The minimum Gasteiger partial charge on any atom is -0.507 e. The van der Waals surface area contributed by atoms with Crippen molar-refractivity contribution in [1.29, 1.82) is 0 Å². The van der Waals surface area contributed by atoms with Crippen molar-refractivity contribution in [3.05, 3.63) is 67.4 Å². The van der Waals surface area contributed by atoms with Crippen molar-refractivity contribution in [2.75, 3.05) is 49.9 Å². The van der Waals surface area contributed by atoms with Gasteiger partial charge in [-0.25, -0.2) is 9.59 Å². The number of phenols is 2. The molecule has 324 valence electrons. The van der Waals surface area contributed by atoms with Crippen molar-refractivity contribution >= 4 is 46.9 Å². The van der Waals surface area contributed by atoms with Gasteiger partial charge < -0.3 is 51.6 Å². The Morgan fingerprint density at radius 1 is 0.633 bits per heavy atom. The molecule has 0 radical (unpaired) electrons. The van der Waals surface area contributed by atoms with Gasteiger partial charge in [-0.2, -0.15) is 0 Å². The lowest BCUT2D eigenvalue weighted by Crippen LogP contribution is -2.45. The number of carbonyl (C=O) groups is 6. The van der Waals surface area contributed by atoms with Crippen LogP contribution >= 0.6 is 0 Å². The summed E-state index contributed by atoms with van der Waals surface area (Å²) in [6, 6.07) is 2.59. The molecule has 0 unspecified atom stereocenters. The molecule has 22 nitrogen and oxygen atoms in total. The van der Waals surface area contributed by atoms with Gasteiger partial charge in [-0.05, 0) is 89.7 Å². The van der Waals surface area contributed by atoms with E-state index in [2.05, 4.69) is 52.0 Å². The molecule has 0 spiro atoms. The van der Waals surface area contributed by atoms with Crippen molar-refractivity contribution in [3.63, 3.8) is 0 Å². The molecule has 8 N–H and O–H groups in total. The number of esters is 2. The maximum absolute atomic E-state index is 13.9. The normalized spacial score (nSPS) is 12.8. The van der Waals surface area contributed by atoms with Gasteiger partial charge in [0.2, 0.25) is 11.6 Å². The van der Waals surface area contributed by atoms with Gasteiger partial charge in [-0.3, -0.25) is 19.2 Å². The Labute approximate surface area is 345 Å². The monoisotopic (exact) mass is 836 g/mol. The number of nitrogens with zero attached hydrogens (tertiary/aromatic N) is 6. The second-order valence-electron chi connectivity index (χ2n) is 15.5. The van der Waals surface area contributed by atoms with E-state index in [1.807, 2.05) is 0 Å². The van der Waals surface area contributed by atoms with E-state index in [1.54, 1.807) is 41.5 Å². The summed E-state index contributed by atoms with van der Waals surface area (Å²) in [7, 11) is 0. The van der Waals surface area contributed by atoms with Gasteiger partial charge in [-0.1, -0.05) is 10.2 Å². The van der Waals surface area contributed by atoms with Crippen molar-refractivity contribution < 1.29 is 48.5 Å². The number of urea groups is 2. The number of hydrogen-bond donors (Lipinski definition) is 8. The summed E-state index contributed by atoms with van der Waals surface area (Å²) in [5.41, 5.74) is 15.5. The minimum atomic E-state index is -0.759. The predicted molar refractivity (Wildman–Crippen MR) is 219 cm³/mol. The summed E-state index contributed by atoms with van der Waals surface area (Å²) >= 11 is 0. The Balaban J connectivity index is 1.69. The molecule has 0 aliphatic heterocycles. The summed E-state index contributed by atoms with van der Waals surface area (Å²) in [5.74, 6) is -3.51. The van der Waals surface area contributed by atoms with E-state index in [4.69, 9.17) is 20.5 Å². The van der Waals surface area contributed by atoms with Crippen LogP contribution in [0.15, 0.2) is 34.5 Å². The Hall–Kier alpha value is -6.92. The lowest BCUT2D eigenvalue weighted by Gasteiger charge is -2.25. The van der Waals surface area contributed by atoms with Crippen molar-refractivity contribution in [2.45, 2.75) is 90.5 Å². The maximum Gasteiger partial charge on any atom is 0.315 e. The number of anilines is 2. The van der Waals surface area contributed by atoms with E-state index < -0.39 is 70.4 Å². The number of ether oxygens (including phenoxy) is 2. The van der Waals surface area contributed by atoms with Gasteiger partial charge >= 0.3 is 24.0 Å². The number of phenolic OH excluding ortho intramolecular Hbond substituents is 2. The van der Waals surface area contributed by atoms with E-state index in [9.17, 15) is 39.0 Å². The molecule has 0 bridgehead atoms. The predicted octanol–water partition coefficient (Wildman–Crippen LogP) is 4.90. The fourth-order valence-corrected chi connectivity index (χ4v) is 5.94. The van der Waals surface area contributed by atoms with Crippen LogP contribution in [-0.2, 0) is 19.1 Å². The zero-order chi connectivity index (χ0) is 44.6. The molecular weight excluding hydrogens is 784 g/mol. The van der Waals surface area contributed by atoms with Crippen LogP contribution in [0, 0.1) is 0 Å².